The summed E-state index contributed by atoms with van der Waals surface area (Å²) in [5.41, 5.74) is 6.28. The Morgan fingerprint density at radius 2 is 1.54 bits per heavy atom. The van der Waals surface area contributed by atoms with Gasteiger partial charge in [-0.2, -0.15) is 24.3 Å². The fourth-order valence-electron chi connectivity index (χ4n) is 3.91. The summed E-state index contributed by atoms with van der Waals surface area (Å²) in [5.74, 6) is 0. The van der Waals surface area contributed by atoms with Gasteiger partial charge in [0.05, 0.1) is 8.80 Å². The molecule has 1 radical (unpaired) electrons. The molecule has 1 atom stereocenters. The van der Waals surface area contributed by atoms with E-state index in [0.717, 1.165) is 0 Å². The van der Waals surface area contributed by atoms with Gasteiger partial charge in [-0.15, -0.1) is 11.1 Å². The molecule has 0 nitrogen and oxygen atoms in total. The molecule has 0 spiro atoms. The summed E-state index contributed by atoms with van der Waals surface area (Å²) in [7, 11) is 14.2. The van der Waals surface area contributed by atoms with Crippen LogP contribution in [-0.2, 0) is 14.7 Å². The minimum absolute atomic E-state index is 0.524. The van der Waals surface area contributed by atoms with Gasteiger partial charge in [-0.1, -0.05) is 91.2 Å². The predicted molar refractivity (Wildman–Crippen MR) is 122 cm³/mol. The number of hydrogen-bond acceptors (Lipinski definition) is 0. The molecular formula is C23H22Cl3SiTi. The zero-order chi connectivity index (χ0) is 19.9. The summed E-state index contributed by atoms with van der Waals surface area (Å²) in [4.78, 5) is 0. The third-order valence-corrected chi connectivity index (χ3v) is 8.30. The van der Waals surface area contributed by atoms with Crippen LogP contribution in [0.15, 0.2) is 72.8 Å². The second kappa shape index (κ2) is 11.0. The zero-order valence-corrected chi connectivity index (χ0v) is 20.6. The predicted octanol–water partition coefficient (Wildman–Crippen LogP) is 7.41. The first-order valence-corrected chi connectivity index (χ1v) is 17.7. The Morgan fingerprint density at radius 1 is 0.893 bits per heavy atom. The van der Waals surface area contributed by atoms with Crippen LogP contribution in [0.4, 0.5) is 0 Å². The fourth-order valence-corrected chi connectivity index (χ4v) is 7.39. The monoisotopic (exact) mass is 479 g/mol. The Morgan fingerprint density at radius 3 is 2.25 bits per heavy atom. The number of fused-ring (bicyclic) bond motifs is 3. The Bertz CT molecular complexity index is 838. The molecule has 0 aliphatic heterocycles. The Balaban J connectivity index is 0.000000516. The van der Waals surface area contributed by atoms with Gasteiger partial charge in [0.15, 0.2) is 0 Å². The van der Waals surface area contributed by atoms with Crippen LogP contribution < -0.4 is 5.19 Å². The second-order valence-corrected chi connectivity index (χ2v) is 17.2. The average molecular weight is 481 g/mol. The van der Waals surface area contributed by atoms with Gasteiger partial charge in [0, 0.05) is 0 Å². The maximum absolute atomic E-state index is 4.97. The summed E-state index contributed by atoms with van der Waals surface area (Å²) < 4.78 is 0. The first kappa shape index (κ1) is 22.2. The van der Waals surface area contributed by atoms with E-state index in [0.29, 0.717) is 5.54 Å². The first-order chi connectivity index (χ1) is 13.6. The van der Waals surface area contributed by atoms with E-state index in [-0.39, 0.29) is 0 Å². The normalized spacial score (nSPS) is 14.1. The van der Waals surface area contributed by atoms with E-state index >= 15 is 0 Å². The number of unbranched alkanes of at least 4 members (excludes halogenated alkanes) is 1. The van der Waals surface area contributed by atoms with Gasteiger partial charge in [-0.05, 0) is 11.1 Å². The van der Waals surface area contributed by atoms with E-state index < -0.39 is 23.5 Å². The molecule has 1 aliphatic carbocycles. The van der Waals surface area contributed by atoms with E-state index in [1.54, 1.807) is 5.19 Å². The molecule has 0 saturated carbocycles. The van der Waals surface area contributed by atoms with Crippen LogP contribution in [0.25, 0.3) is 11.1 Å². The average Bonchev–Trinajstić information content (AvgIpc) is 3.04. The summed E-state index contributed by atoms with van der Waals surface area (Å²) in [6, 6.07) is 31.6. The van der Waals surface area contributed by atoms with Crippen molar-refractivity contribution in [1.82, 2.24) is 0 Å². The Labute approximate surface area is 187 Å². The van der Waals surface area contributed by atoms with Crippen molar-refractivity contribution >= 4 is 41.9 Å². The van der Waals surface area contributed by atoms with Crippen molar-refractivity contribution in [3.63, 3.8) is 0 Å². The first-order valence-electron chi connectivity index (χ1n) is 9.48. The van der Waals surface area contributed by atoms with E-state index in [9.17, 15) is 0 Å². The van der Waals surface area contributed by atoms with Gasteiger partial charge < -0.3 is 0 Å². The van der Waals surface area contributed by atoms with E-state index in [4.69, 9.17) is 27.9 Å². The Hall–Kier alpha value is -0.539. The van der Waals surface area contributed by atoms with Gasteiger partial charge in [0.2, 0.25) is 0 Å². The second-order valence-electron chi connectivity index (χ2n) is 6.73. The van der Waals surface area contributed by atoms with Crippen LogP contribution in [0.5, 0.6) is 0 Å². The van der Waals surface area contributed by atoms with Crippen LogP contribution in [0.1, 0.15) is 36.4 Å². The van der Waals surface area contributed by atoms with Crippen molar-refractivity contribution in [1.29, 1.82) is 0 Å². The van der Waals surface area contributed by atoms with Gasteiger partial charge in [0.1, 0.15) is 0 Å². The molecule has 0 saturated heterocycles. The molecule has 1 aliphatic rings. The molecule has 4 rings (SSSR count). The molecule has 143 valence electrons. The molecule has 5 heteroatoms. The molecule has 0 fully saturated rings. The molecule has 3 aromatic carbocycles. The van der Waals surface area contributed by atoms with Crippen molar-refractivity contribution in [2.75, 3.05) is 0 Å². The van der Waals surface area contributed by atoms with E-state index in [1.165, 1.54) is 41.1 Å². The van der Waals surface area contributed by atoms with E-state index in [1.807, 2.05) is 0 Å². The van der Waals surface area contributed by atoms with Crippen molar-refractivity contribution in [3.8, 4) is 11.1 Å². The summed E-state index contributed by atoms with van der Waals surface area (Å²) in [5, 5.41) is 1.56. The van der Waals surface area contributed by atoms with Gasteiger partial charge in [-0.3, -0.25) is 0 Å². The number of benzene rings is 3. The van der Waals surface area contributed by atoms with Gasteiger partial charge >= 0.3 is 42.6 Å². The molecule has 0 heterocycles. The molecule has 0 amide bonds. The molecule has 0 N–H and O–H groups in total. The topological polar surface area (TPSA) is 0 Å². The fraction of sp³-hybridized carbons (Fsp3) is 0.217. The van der Waals surface area contributed by atoms with E-state index in [2.05, 4.69) is 85.8 Å². The number of hydrogen-bond donors (Lipinski definition) is 0. The third-order valence-electron chi connectivity index (χ3n) is 5.03. The van der Waals surface area contributed by atoms with Gasteiger partial charge in [-0.25, -0.2) is 0 Å². The molecular weight excluding hydrogens is 459 g/mol. The summed E-state index contributed by atoms with van der Waals surface area (Å²) >= 11 is -1.92. The number of rotatable bonds is 5. The third kappa shape index (κ3) is 5.33. The molecule has 28 heavy (non-hydrogen) atoms. The van der Waals surface area contributed by atoms with Crippen LogP contribution in [0.3, 0.4) is 0 Å². The summed E-state index contributed by atoms with van der Waals surface area (Å²) in [6.45, 7) is 2.30. The molecule has 0 bridgehead atoms. The minimum atomic E-state index is -1.92. The van der Waals surface area contributed by atoms with Crippen molar-refractivity contribution in [2.24, 2.45) is 0 Å². The maximum atomic E-state index is 4.97. The number of halogens is 3. The zero-order valence-electron chi connectivity index (χ0n) is 15.8. The van der Waals surface area contributed by atoms with Crippen LogP contribution >= 0.6 is 27.9 Å². The quantitative estimate of drug-likeness (QED) is 0.263. The molecule has 1 unspecified atom stereocenters. The SMILES string of the molecule is CCCC[Si](c1ccccc1)C1c2[c-]cccc2-c2ccccc21.[Cl][Ti+]([Cl])[Cl]. The van der Waals surface area contributed by atoms with Gasteiger partial charge in [0.25, 0.3) is 0 Å². The van der Waals surface area contributed by atoms with Crippen LogP contribution in [-0.4, -0.2) is 8.80 Å². The van der Waals surface area contributed by atoms with Crippen molar-refractivity contribution < 1.29 is 14.7 Å². The summed E-state index contributed by atoms with van der Waals surface area (Å²) in [6.07, 6.45) is 2.57. The Kier molecular flexibility index (Phi) is 8.72. The van der Waals surface area contributed by atoms with Crippen molar-refractivity contribution in [3.05, 3.63) is 90.0 Å². The van der Waals surface area contributed by atoms with Crippen LogP contribution in [0.2, 0.25) is 6.04 Å². The standard InChI is InChI=1S/C23H22Si.3ClH.Ti/c1-2-3-17-24(18-11-5-4-6-12-18)23-21-15-9-7-13-19(21)20-14-8-10-16-22(20)23;;;;/h4-15,23H,2-3,17H2,1H3;3*1H;/q-1;;;;+4/p-3. The molecule has 3 aromatic rings. The van der Waals surface area contributed by atoms with Crippen molar-refractivity contribution in [2.45, 2.75) is 31.4 Å². The van der Waals surface area contributed by atoms with Crippen LogP contribution in [0, 0.1) is 6.07 Å². The molecule has 0 aromatic heterocycles.